The molecule has 0 amide bonds. The highest BCUT2D eigenvalue weighted by Crippen LogP contribution is 2.23. The third-order valence-corrected chi connectivity index (χ3v) is 4.94. The Balaban J connectivity index is 0.00000364. The lowest BCUT2D eigenvalue weighted by Gasteiger charge is -2.17. The second-order valence-corrected chi connectivity index (χ2v) is 7.65. The molecule has 2 rings (SSSR count). The highest BCUT2D eigenvalue weighted by molar-refractivity contribution is 14.0. The molecule has 1 heterocycles. The molecule has 0 saturated carbocycles. The van der Waals surface area contributed by atoms with Gasteiger partial charge in [0, 0.05) is 29.7 Å². The van der Waals surface area contributed by atoms with Crippen LogP contribution in [0.5, 0.6) is 0 Å². The summed E-state index contributed by atoms with van der Waals surface area (Å²) in [4.78, 5) is 7.03. The van der Waals surface area contributed by atoms with E-state index >= 15 is 0 Å². The van der Waals surface area contributed by atoms with Crippen LogP contribution in [0.2, 0.25) is 10.0 Å². The van der Waals surface area contributed by atoms with Crippen LogP contribution >= 0.6 is 47.2 Å². The van der Waals surface area contributed by atoms with Crippen LogP contribution in [0.1, 0.15) is 38.4 Å². The van der Waals surface area contributed by atoms with E-state index in [-0.39, 0.29) is 30.5 Å². The van der Waals surface area contributed by atoms with Crippen LogP contribution in [0, 0.1) is 5.92 Å². The number of nitrogens with one attached hydrogen (secondary N) is 2. The topological polar surface area (TPSA) is 59.9 Å². The summed E-state index contributed by atoms with van der Waals surface area (Å²) in [6.07, 6.45) is 1.68. The molecular weight excluding hydrogens is 498 g/mol. The standard InChI is InChI=1S/C19H30Cl2N4O.HI/c1-3-6-25-7-5-14(13-25)11-23-19(22-4-2)24-12-18(26)15-8-16(20)10-17(21)9-15;/h8-10,14,18,26H,3-7,11-13H2,1-2H3,(H2,22,23,24);1H. The number of guanidine groups is 1. The van der Waals surface area contributed by atoms with Crippen molar-refractivity contribution in [1.29, 1.82) is 0 Å². The molecule has 3 N–H and O–H groups in total. The van der Waals surface area contributed by atoms with Gasteiger partial charge >= 0.3 is 0 Å². The molecule has 1 fully saturated rings. The fraction of sp³-hybridized carbons (Fsp3) is 0.632. The van der Waals surface area contributed by atoms with E-state index in [1.54, 1.807) is 18.2 Å². The van der Waals surface area contributed by atoms with E-state index in [0.717, 1.165) is 25.6 Å². The Kier molecular flexibility index (Phi) is 12.0. The Morgan fingerprint density at radius 3 is 2.59 bits per heavy atom. The van der Waals surface area contributed by atoms with Gasteiger partial charge in [-0.1, -0.05) is 30.1 Å². The van der Waals surface area contributed by atoms with Crippen LogP contribution in [-0.4, -0.2) is 55.2 Å². The minimum atomic E-state index is -0.742. The van der Waals surface area contributed by atoms with Gasteiger partial charge in [0.05, 0.1) is 12.6 Å². The molecule has 0 aromatic heterocycles. The second-order valence-electron chi connectivity index (χ2n) is 6.77. The quantitative estimate of drug-likeness (QED) is 0.272. The fourth-order valence-corrected chi connectivity index (χ4v) is 3.78. The maximum absolute atomic E-state index is 10.4. The van der Waals surface area contributed by atoms with Crippen LogP contribution < -0.4 is 10.6 Å². The summed E-state index contributed by atoms with van der Waals surface area (Å²) in [6, 6.07) is 5.08. The van der Waals surface area contributed by atoms with Crippen molar-refractivity contribution in [2.45, 2.75) is 32.8 Å². The van der Waals surface area contributed by atoms with Gasteiger partial charge in [-0.05, 0) is 62.5 Å². The molecule has 154 valence electrons. The van der Waals surface area contributed by atoms with Crippen LogP contribution in [0.25, 0.3) is 0 Å². The maximum Gasteiger partial charge on any atom is 0.191 e. The molecule has 0 spiro atoms. The summed E-state index contributed by atoms with van der Waals surface area (Å²) in [5.41, 5.74) is 0.674. The van der Waals surface area contributed by atoms with E-state index < -0.39 is 6.10 Å². The monoisotopic (exact) mass is 528 g/mol. The summed E-state index contributed by atoms with van der Waals surface area (Å²) in [5.74, 6) is 1.37. The highest BCUT2D eigenvalue weighted by atomic mass is 127. The van der Waals surface area contributed by atoms with Crippen molar-refractivity contribution >= 4 is 53.1 Å². The van der Waals surface area contributed by atoms with Crippen molar-refractivity contribution in [1.82, 2.24) is 15.5 Å². The van der Waals surface area contributed by atoms with Gasteiger partial charge in [-0.2, -0.15) is 0 Å². The molecule has 0 aliphatic carbocycles. The Labute approximate surface area is 189 Å². The van der Waals surface area contributed by atoms with Crippen molar-refractivity contribution in [3.05, 3.63) is 33.8 Å². The van der Waals surface area contributed by atoms with Crippen LogP contribution in [0.3, 0.4) is 0 Å². The number of hydrogen-bond donors (Lipinski definition) is 3. The van der Waals surface area contributed by atoms with Crippen molar-refractivity contribution < 1.29 is 5.11 Å². The lowest BCUT2D eigenvalue weighted by atomic mass is 10.1. The smallest absolute Gasteiger partial charge is 0.191 e. The molecule has 1 aromatic carbocycles. The molecule has 27 heavy (non-hydrogen) atoms. The third-order valence-electron chi connectivity index (χ3n) is 4.50. The van der Waals surface area contributed by atoms with Crippen molar-refractivity contribution in [3.63, 3.8) is 0 Å². The number of aliphatic imine (C=N–C) groups is 1. The number of nitrogens with zero attached hydrogens (tertiary/aromatic N) is 2. The third kappa shape index (κ3) is 8.73. The average Bonchev–Trinajstić information content (AvgIpc) is 3.04. The van der Waals surface area contributed by atoms with E-state index in [2.05, 4.69) is 27.4 Å². The molecule has 0 radical (unpaired) electrons. The highest BCUT2D eigenvalue weighted by Gasteiger charge is 2.21. The van der Waals surface area contributed by atoms with Crippen LogP contribution in [-0.2, 0) is 0 Å². The Morgan fingerprint density at radius 2 is 1.96 bits per heavy atom. The minimum absolute atomic E-state index is 0. The van der Waals surface area contributed by atoms with Gasteiger partial charge in [-0.25, -0.2) is 0 Å². The van der Waals surface area contributed by atoms with Gasteiger partial charge in [0.2, 0.25) is 0 Å². The molecule has 1 saturated heterocycles. The van der Waals surface area contributed by atoms with Gasteiger partial charge in [0.25, 0.3) is 0 Å². The summed E-state index contributed by atoms with van der Waals surface area (Å²) in [7, 11) is 0. The zero-order valence-corrected chi connectivity index (χ0v) is 19.9. The summed E-state index contributed by atoms with van der Waals surface area (Å²) < 4.78 is 0. The predicted octanol–water partition coefficient (Wildman–Crippen LogP) is 3.93. The molecule has 2 atom stereocenters. The van der Waals surface area contributed by atoms with E-state index in [4.69, 9.17) is 23.2 Å². The predicted molar refractivity (Wildman–Crippen MR) is 126 cm³/mol. The normalized spacial score (nSPS) is 18.9. The SMILES string of the molecule is CCCN1CCC(CNC(=NCC(O)c2cc(Cl)cc(Cl)c2)NCC)C1.I. The lowest BCUT2D eigenvalue weighted by Crippen LogP contribution is -2.40. The second kappa shape index (κ2) is 13.0. The minimum Gasteiger partial charge on any atom is -0.386 e. The van der Waals surface area contributed by atoms with Crippen molar-refractivity contribution in [3.8, 4) is 0 Å². The van der Waals surface area contributed by atoms with Crippen molar-refractivity contribution in [2.24, 2.45) is 10.9 Å². The lowest BCUT2D eigenvalue weighted by molar-refractivity contribution is 0.187. The fourth-order valence-electron chi connectivity index (χ4n) is 3.23. The van der Waals surface area contributed by atoms with Crippen molar-refractivity contribution in [2.75, 3.05) is 39.3 Å². The summed E-state index contributed by atoms with van der Waals surface area (Å²) >= 11 is 12.0. The molecule has 1 aliphatic rings. The van der Waals surface area contributed by atoms with Gasteiger partial charge in [0.15, 0.2) is 5.96 Å². The molecule has 0 bridgehead atoms. The first-order valence-corrected chi connectivity index (χ1v) is 10.2. The van der Waals surface area contributed by atoms with E-state index in [1.165, 1.54) is 25.9 Å². The zero-order valence-electron chi connectivity index (χ0n) is 16.0. The van der Waals surface area contributed by atoms with Gasteiger partial charge < -0.3 is 20.6 Å². The van der Waals surface area contributed by atoms with E-state index in [1.807, 2.05) is 6.92 Å². The molecule has 1 aromatic rings. The number of rotatable bonds is 8. The molecule has 5 nitrogen and oxygen atoms in total. The molecule has 1 aliphatic heterocycles. The number of aliphatic hydroxyl groups is 1. The van der Waals surface area contributed by atoms with Gasteiger partial charge in [-0.15, -0.1) is 24.0 Å². The largest absolute Gasteiger partial charge is 0.386 e. The average molecular weight is 529 g/mol. The van der Waals surface area contributed by atoms with E-state index in [0.29, 0.717) is 21.5 Å². The number of benzene rings is 1. The Morgan fingerprint density at radius 1 is 1.26 bits per heavy atom. The molecular formula is C19H31Cl2IN4O. The first kappa shape index (κ1) is 24.8. The summed E-state index contributed by atoms with van der Waals surface area (Å²) in [6.45, 7) is 9.68. The number of aliphatic hydroxyl groups excluding tert-OH is 1. The van der Waals surface area contributed by atoms with E-state index in [9.17, 15) is 5.11 Å². The summed E-state index contributed by atoms with van der Waals surface area (Å²) in [5, 5.41) is 18.0. The first-order valence-electron chi connectivity index (χ1n) is 9.40. The number of hydrogen-bond acceptors (Lipinski definition) is 3. The van der Waals surface area contributed by atoms with Crippen LogP contribution in [0.4, 0.5) is 0 Å². The maximum atomic E-state index is 10.4. The van der Waals surface area contributed by atoms with Crippen LogP contribution in [0.15, 0.2) is 23.2 Å². The number of likely N-dealkylation sites (tertiary alicyclic amines) is 1. The first-order chi connectivity index (χ1) is 12.5. The Hall–Kier alpha value is -0.280. The number of halogens is 3. The van der Waals surface area contributed by atoms with Gasteiger partial charge in [-0.3, -0.25) is 4.99 Å². The zero-order chi connectivity index (χ0) is 18.9. The molecule has 2 unspecified atom stereocenters. The molecule has 8 heteroatoms. The Bertz CT molecular complexity index is 583. The van der Waals surface area contributed by atoms with Gasteiger partial charge in [0.1, 0.15) is 0 Å².